The second-order valence-electron chi connectivity index (χ2n) is 8.26. The Balaban J connectivity index is 2.11. The molecule has 0 N–H and O–H groups in total. The van der Waals surface area contributed by atoms with Crippen LogP contribution in [0.4, 0.5) is 0 Å². The van der Waals surface area contributed by atoms with E-state index in [1.807, 2.05) is 25.1 Å². The van der Waals surface area contributed by atoms with Gasteiger partial charge in [-0.3, -0.25) is 9.59 Å². The predicted molar refractivity (Wildman–Crippen MR) is 123 cm³/mol. The number of esters is 1. The molecule has 0 unspecified atom stereocenters. The SMILES string of the molecule is CCCOc1ccc(C=CC(=O)c2ccc(OC(=O)C(C)(C)C)cc2)c(OCCC)c1. The first kappa shape index (κ1) is 24.2. The molecular weight excluding hydrogens is 392 g/mol. The fourth-order valence-corrected chi connectivity index (χ4v) is 2.51. The van der Waals surface area contributed by atoms with Crippen molar-refractivity contribution in [3.63, 3.8) is 0 Å². The maximum absolute atomic E-state index is 12.6. The summed E-state index contributed by atoms with van der Waals surface area (Å²) in [6, 6.07) is 12.2. The largest absolute Gasteiger partial charge is 0.493 e. The van der Waals surface area contributed by atoms with Crippen LogP contribution in [0.1, 0.15) is 63.4 Å². The maximum atomic E-state index is 12.6. The number of allylic oxidation sites excluding steroid dienone is 1. The van der Waals surface area contributed by atoms with Gasteiger partial charge in [0, 0.05) is 17.2 Å². The average molecular weight is 425 g/mol. The number of carbonyl (C=O) groups excluding carboxylic acids is 2. The van der Waals surface area contributed by atoms with Crippen LogP contribution >= 0.6 is 0 Å². The van der Waals surface area contributed by atoms with Gasteiger partial charge in [-0.25, -0.2) is 0 Å². The van der Waals surface area contributed by atoms with E-state index in [-0.39, 0.29) is 11.8 Å². The van der Waals surface area contributed by atoms with Crippen LogP contribution in [0.15, 0.2) is 48.5 Å². The Labute approximate surface area is 185 Å². The van der Waals surface area contributed by atoms with E-state index in [1.165, 1.54) is 6.08 Å². The summed E-state index contributed by atoms with van der Waals surface area (Å²) in [6.45, 7) is 10.7. The molecule has 31 heavy (non-hydrogen) atoms. The molecule has 0 bridgehead atoms. The molecule has 0 saturated heterocycles. The zero-order valence-electron chi connectivity index (χ0n) is 19.1. The Bertz CT molecular complexity index is 904. The van der Waals surface area contributed by atoms with E-state index in [2.05, 4.69) is 6.92 Å². The lowest BCUT2D eigenvalue weighted by atomic mass is 9.97. The molecule has 0 spiro atoms. The van der Waals surface area contributed by atoms with Gasteiger partial charge in [-0.2, -0.15) is 0 Å². The highest BCUT2D eigenvalue weighted by atomic mass is 16.5. The number of benzene rings is 2. The summed E-state index contributed by atoms with van der Waals surface area (Å²) in [5.41, 5.74) is 0.721. The number of hydrogen-bond donors (Lipinski definition) is 0. The van der Waals surface area contributed by atoms with Gasteiger partial charge in [-0.15, -0.1) is 0 Å². The molecule has 2 rings (SSSR count). The summed E-state index contributed by atoms with van der Waals surface area (Å²) in [4.78, 5) is 24.6. The molecule has 5 nitrogen and oxygen atoms in total. The summed E-state index contributed by atoms with van der Waals surface area (Å²) in [5.74, 6) is 1.37. The second kappa shape index (κ2) is 11.3. The van der Waals surface area contributed by atoms with E-state index in [4.69, 9.17) is 14.2 Å². The number of hydrogen-bond acceptors (Lipinski definition) is 5. The first-order valence-corrected chi connectivity index (χ1v) is 10.7. The summed E-state index contributed by atoms with van der Waals surface area (Å²) < 4.78 is 16.9. The molecule has 0 aliphatic rings. The number of carbonyl (C=O) groups is 2. The zero-order chi connectivity index (χ0) is 22.9. The smallest absolute Gasteiger partial charge is 0.316 e. The van der Waals surface area contributed by atoms with E-state index in [0.29, 0.717) is 30.3 Å². The molecule has 0 radical (unpaired) electrons. The summed E-state index contributed by atoms with van der Waals surface area (Å²) >= 11 is 0. The highest BCUT2D eigenvalue weighted by Gasteiger charge is 2.23. The van der Waals surface area contributed by atoms with Crippen LogP contribution in [0.2, 0.25) is 0 Å². The Morgan fingerprint density at radius 3 is 2.10 bits per heavy atom. The molecule has 5 heteroatoms. The maximum Gasteiger partial charge on any atom is 0.316 e. The monoisotopic (exact) mass is 424 g/mol. The van der Waals surface area contributed by atoms with Gasteiger partial charge in [0.25, 0.3) is 0 Å². The third-order valence-corrected chi connectivity index (χ3v) is 4.30. The van der Waals surface area contributed by atoms with Crippen molar-refractivity contribution in [1.82, 2.24) is 0 Å². The third kappa shape index (κ3) is 7.59. The fourth-order valence-electron chi connectivity index (χ4n) is 2.51. The van der Waals surface area contributed by atoms with E-state index in [0.717, 1.165) is 24.2 Å². The lowest BCUT2D eigenvalue weighted by Crippen LogP contribution is -2.25. The quantitative estimate of drug-likeness (QED) is 0.199. The van der Waals surface area contributed by atoms with Crippen LogP contribution in [0, 0.1) is 5.41 Å². The van der Waals surface area contributed by atoms with Crippen LogP contribution in [0.3, 0.4) is 0 Å². The van der Waals surface area contributed by atoms with Gasteiger partial charge in [0.2, 0.25) is 0 Å². The van der Waals surface area contributed by atoms with Crippen molar-refractivity contribution in [1.29, 1.82) is 0 Å². The van der Waals surface area contributed by atoms with Crippen molar-refractivity contribution < 1.29 is 23.8 Å². The van der Waals surface area contributed by atoms with E-state index >= 15 is 0 Å². The molecule has 0 amide bonds. The minimum atomic E-state index is -0.591. The number of ether oxygens (including phenoxy) is 3. The first-order valence-electron chi connectivity index (χ1n) is 10.7. The Kier molecular flexibility index (Phi) is 8.86. The van der Waals surface area contributed by atoms with Crippen molar-refractivity contribution in [2.24, 2.45) is 5.41 Å². The molecule has 0 aliphatic carbocycles. The minimum Gasteiger partial charge on any atom is -0.493 e. The fraction of sp³-hybridized carbons (Fsp3) is 0.385. The molecule has 0 aliphatic heterocycles. The molecule has 2 aromatic carbocycles. The first-order chi connectivity index (χ1) is 14.7. The highest BCUT2D eigenvalue weighted by Crippen LogP contribution is 2.27. The van der Waals surface area contributed by atoms with E-state index in [1.54, 1.807) is 51.1 Å². The molecule has 0 heterocycles. The van der Waals surface area contributed by atoms with Gasteiger partial charge in [0.15, 0.2) is 5.78 Å². The third-order valence-electron chi connectivity index (χ3n) is 4.30. The summed E-state index contributed by atoms with van der Waals surface area (Å²) in [7, 11) is 0. The standard InChI is InChI=1S/C26H32O5/c1-6-16-29-22-14-10-20(24(18-22)30-17-7-2)11-15-23(27)19-8-12-21(13-9-19)31-25(28)26(3,4)5/h8-15,18H,6-7,16-17H2,1-5H3. The van der Waals surface area contributed by atoms with Crippen LogP contribution in [0.5, 0.6) is 17.2 Å². The van der Waals surface area contributed by atoms with Gasteiger partial charge in [-0.1, -0.05) is 13.8 Å². The van der Waals surface area contributed by atoms with E-state index < -0.39 is 5.41 Å². The van der Waals surface area contributed by atoms with Crippen molar-refractivity contribution in [3.05, 3.63) is 59.7 Å². The molecular formula is C26H32O5. The zero-order valence-corrected chi connectivity index (χ0v) is 19.1. The van der Waals surface area contributed by atoms with Gasteiger partial charge in [0.1, 0.15) is 17.2 Å². The average Bonchev–Trinajstić information content (AvgIpc) is 2.75. The molecule has 0 atom stereocenters. The lowest BCUT2D eigenvalue weighted by Gasteiger charge is -2.16. The topological polar surface area (TPSA) is 61.8 Å². The second-order valence-corrected chi connectivity index (χ2v) is 8.26. The van der Waals surface area contributed by atoms with Gasteiger partial charge < -0.3 is 14.2 Å². The highest BCUT2D eigenvalue weighted by molar-refractivity contribution is 6.07. The minimum absolute atomic E-state index is 0.151. The van der Waals surface area contributed by atoms with Gasteiger partial charge in [0.05, 0.1) is 18.6 Å². The molecule has 2 aromatic rings. The summed E-state index contributed by atoms with van der Waals surface area (Å²) in [6.07, 6.45) is 5.06. The van der Waals surface area contributed by atoms with Crippen molar-refractivity contribution in [2.75, 3.05) is 13.2 Å². The normalized spacial score (nSPS) is 11.4. The van der Waals surface area contributed by atoms with Gasteiger partial charge >= 0.3 is 5.97 Å². The van der Waals surface area contributed by atoms with Crippen LogP contribution in [-0.2, 0) is 4.79 Å². The van der Waals surface area contributed by atoms with Gasteiger partial charge in [-0.05, 0) is 82.2 Å². The Hall–Kier alpha value is -3.08. The predicted octanol–water partition coefficient (Wildman–Crippen LogP) is 6.11. The Morgan fingerprint density at radius 2 is 1.48 bits per heavy atom. The van der Waals surface area contributed by atoms with Crippen LogP contribution < -0.4 is 14.2 Å². The molecule has 0 saturated carbocycles. The van der Waals surface area contributed by atoms with Crippen molar-refractivity contribution >= 4 is 17.8 Å². The lowest BCUT2D eigenvalue weighted by molar-refractivity contribution is -0.142. The summed E-state index contributed by atoms with van der Waals surface area (Å²) in [5, 5.41) is 0. The molecule has 0 fully saturated rings. The van der Waals surface area contributed by atoms with Crippen molar-refractivity contribution in [3.8, 4) is 17.2 Å². The van der Waals surface area contributed by atoms with Crippen LogP contribution in [0.25, 0.3) is 6.08 Å². The van der Waals surface area contributed by atoms with E-state index in [9.17, 15) is 9.59 Å². The van der Waals surface area contributed by atoms with Crippen LogP contribution in [-0.4, -0.2) is 25.0 Å². The number of ketones is 1. The Morgan fingerprint density at radius 1 is 0.871 bits per heavy atom. The number of rotatable bonds is 10. The van der Waals surface area contributed by atoms with Crippen molar-refractivity contribution in [2.45, 2.75) is 47.5 Å². The molecule has 166 valence electrons. The molecule has 0 aromatic heterocycles.